The summed E-state index contributed by atoms with van der Waals surface area (Å²) in [6.07, 6.45) is 0.683. The van der Waals surface area contributed by atoms with Crippen LogP contribution in [0.15, 0.2) is 52.6 Å². The van der Waals surface area contributed by atoms with Gasteiger partial charge in [0.2, 0.25) is 5.91 Å². The zero-order chi connectivity index (χ0) is 21.4. The summed E-state index contributed by atoms with van der Waals surface area (Å²) in [5.41, 5.74) is 2.67. The number of benzene rings is 1. The number of amides is 1. The third-order valence-electron chi connectivity index (χ3n) is 5.95. The number of rotatable bonds is 5. The zero-order valence-corrected chi connectivity index (χ0v) is 18.3. The molecule has 31 heavy (non-hydrogen) atoms. The highest BCUT2D eigenvalue weighted by Gasteiger charge is 2.23. The van der Waals surface area contributed by atoms with E-state index in [0.717, 1.165) is 35.7 Å². The molecule has 0 saturated carbocycles. The molecule has 1 amide bonds. The smallest absolute Gasteiger partial charge is 0.291 e. The van der Waals surface area contributed by atoms with Crippen molar-refractivity contribution >= 4 is 33.0 Å². The van der Waals surface area contributed by atoms with Crippen LogP contribution in [0.25, 0.3) is 15.7 Å². The van der Waals surface area contributed by atoms with Crippen molar-refractivity contribution in [1.29, 1.82) is 0 Å². The summed E-state index contributed by atoms with van der Waals surface area (Å²) in [5, 5.41) is 6.56. The summed E-state index contributed by atoms with van der Waals surface area (Å²) < 4.78 is 4.33. The van der Waals surface area contributed by atoms with Crippen LogP contribution in [-0.4, -0.2) is 56.1 Å². The van der Waals surface area contributed by atoms with Crippen molar-refractivity contribution in [1.82, 2.24) is 24.0 Å². The Morgan fingerprint density at radius 2 is 1.84 bits per heavy atom. The molecule has 1 fully saturated rings. The van der Waals surface area contributed by atoms with Crippen LogP contribution in [0.2, 0.25) is 0 Å². The molecule has 1 aliphatic heterocycles. The van der Waals surface area contributed by atoms with Crippen LogP contribution in [0.3, 0.4) is 0 Å². The summed E-state index contributed by atoms with van der Waals surface area (Å²) in [5.74, 6) is 0.747. The average Bonchev–Trinajstić information content (AvgIpc) is 3.39. The van der Waals surface area contributed by atoms with Gasteiger partial charge < -0.3 is 4.90 Å². The maximum Gasteiger partial charge on any atom is 0.291 e. The minimum Gasteiger partial charge on any atom is -0.339 e. The monoisotopic (exact) mass is 435 g/mol. The molecule has 4 heterocycles. The van der Waals surface area contributed by atoms with Gasteiger partial charge in [-0.15, -0.1) is 11.3 Å². The van der Waals surface area contributed by atoms with Crippen molar-refractivity contribution in [3.05, 3.63) is 69.6 Å². The summed E-state index contributed by atoms with van der Waals surface area (Å²) in [7, 11) is 0. The van der Waals surface area contributed by atoms with Crippen LogP contribution in [0.4, 0.5) is 0 Å². The van der Waals surface area contributed by atoms with E-state index in [2.05, 4.69) is 34.3 Å². The van der Waals surface area contributed by atoms with Crippen molar-refractivity contribution in [3.63, 3.8) is 0 Å². The fraction of sp³-hybridized carbons (Fsp3) is 0.348. The molecule has 1 saturated heterocycles. The quantitative estimate of drug-likeness (QED) is 0.484. The number of carbonyl (C=O) groups excluding carboxylic acids is 1. The van der Waals surface area contributed by atoms with Crippen molar-refractivity contribution in [2.45, 2.75) is 26.4 Å². The number of nitrogens with zero attached hydrogens (tertiary/aromatic N) is 5. The molecule has 3 aromatic heterocycles. The van der Waals surface area contributed by atoms with Gasteiger partial charge in [0.25, 0.3) is 5.56 Å². The van der Waals surface area contributed by atoms with E-state index < -0.39 is 0 Å². The Labute approximate surface area is 184 Å². The Morgan fingerprint density at radius 3 is 2.58 bits per heavy atom. The van der Waals surface area contributed by atoms with Gasteiger partial charge in [-0.3, -0.25) is 18.9 Å². The second-order valence-corrected chi connectivity index (χ2v) is 8.86. The average molecular weight is 436 g/mol. The molecule has 0 atom stereocenters. The number of fused-ring (bicyclic) bond motifs is 3. The second kappa shape index (κ2) is 8.28. The Balaban J connectivity index is 1.30. The summed E-state index contributed by atoms with van der Waals surface area (Å²) in [6.45, 7) is 5.90. The molecule has 0 spiro atoms. The molecule has 5 rings (SSSR count). The molecule has 0 unspecified atom stereocenters. The predicted octanol–water partition coefficient (Wildman–Crippen LogP) is 2.62. The number of piperazine rings is 1. The van der Waals surface area contributed by atoms with Gasteiger partial charge in [-0.2, -0.15) is 5.10 Å². The van der Waals surface area contributed by atoms with Gasteiger partial charge in [-0.05, 0) is 23.1 Å². The number of carbonyl (C=O) groups is 1. The summed E-state index contributed by atoms with van der Waals surface area (Å²) in [6, 6.07) is 14.3. The molecule has 1 aliphatic rings. The van der Waals surface area contributed by atoms with Crippen LogP contribution in [0, 0.1) is 0 Å². The first-order valence-corrected chi connectivity index (χ1v) is 11.5. The molecular formula is C23H25N5O2S. The Hall–Kier alpha value is -2.97. The Morgan fingerprint density at radius 1 is 1.06 bits per heavy atom. The van der Waals surface area contributed by atoms with Gasteiger partial charge in [0.1, 0.15) is 17.9 Å². The SMILES string of the molecule is CCc1nn(CC(=O)N2CCN(Cc3ccccc3)CC2)c(=O)c2cc3sccc3n12. The van der Waals surface area contributed by atoms with E-state index in [9.17, 15) is 9.59 Å². The first kappa shape index (κ1) is 20.0. The standard InChI is InChI=1S/C23H25N5O2S/c1-2-21-24-27(23(30)19-14-20-18(28(19)21)8-13-31-20)16-22(29)26-11-9-25(10-12-26)15-17-6-4-3-5-7-17/h3-8,13-14H,2,9-12,15-16H2,1H3. The minimum atomic E-state index is -0.211. The molecule has 7 nitrogen and oxygen atoms in total. The van der Waals surface area contributed by atoms with E-state index in [1.165, 1.54) is 10.2 Å². The molecule has 160 valence electrons. The lowest BCUT2D eigenvalue weighted by atomic mass is 10.2. The third-order valence-corrected chi connectivity index (χ3v) is 6.80. The first-order valence-electron chi connectivity index (χ1n) is 10.7. The second-order valence-electron chi connectivity index (χ2n) is 7.91. The first-order chi connectivity index (χ1) is 15.1. The van der Waals surface area contributed by atoms with Crippen LogP contribution >= 0.6 is 11.3 Å². The Bertz CT molecular complexity index is 1280. The number of thiophene rings is 1. The number of aryl methyl sites for hydroxylation is 1. The van der Waals surface area contributed by atoms with Gasteiger partial charge in [0.15, 0.2) is 0 Å². The van der Waals surface area contributed by atoms with Gasteiger partial charge in [0, 0.05) is 39.1 Å². The molecular weight excluding hydrogens is 410 g/mol. The molecule has 0 bridgehead atoms. The van der Waals surface area contributed by atoms with Gasteiger partial charge in [-0.1, -0.05) is 37.3 Å². The number of hydrogen-bond acceptors (Lipinski definition) is 5. The minimum absolute atomic E-state index is 0.0140. The van der Waals surface area contributed by atoms with Crippen molar-refractivity contribution in [2.24, 2.45) is 0 Å². The van der Waals surface area contributed by atoms with Gasteiger partial charge >= 0.3 is 0 Å². The largest absolute Gasteiger partial charge is 0.339 e. The van der Waals surface area contributed by atoms with Crippen LogP contribution < -0.4 is 5.56 Å². The lowest BCUT2D eigenvalue weighted by molar-refractivity contribution is -0.133. The normalized spacial score (nSPS) is 15.2. The zero-order valence-electron chi connectivity index (χ0n) is 17.5. The maximum absolute atomic E-state index is 13.0. The molecule has 4 aromatic rings. The lowest BCUT2D eigenvalue weighted by Gasteiger charge is -2.34. The molecule has 1 aromatic carbocycles. The van der Waals surface area contributed by atoms with Crippen LogP contribution in [0.1, 0.15) is 18.3 Å². The molecule has 8 heteroatoms. The maximum atomic E-state index is 13.0. The van der Waals surface area contributed by atoms with E-state index in [4.69, 9.17) is 0 Å². The van der Waals surface area contributed by atoms with Gasteiger partial charge in [-0.25, -0.2) is 4.68 Å². The summed E-state index contributed by atoms with van der Waals surface area (Å²) >= 11 is 1.61. The lowest BCUT2D eigenvalue weighted by Crippen LogP contribution is -2.49. The van der Waals surface area contributed by atoms with Crippen LogP contribution in [0.5, 0.6) is 0 Å². The summed E-state index contributed by atoms with van der Waals surface area (Å²) in [4.78, 5) is 30.2. The van der Waals surface area contributed by atoms with E-state index in [1.54, 1.807) is 11.3 Å². The molecule has 0 N–H and O–H groups in total. The highest BCUT2D eigenvalue weighted by Crippen LogP contribution is 2.24. The molecule has 0 aliphatic carbocycles. The topological polar surface area (TPSA) is 62.9 Å². The van der Waals surface area contributed by atoms with E-state index in [0.29, 0.717) is 25.0 Å². The predicted molar refractivity (Wildman–Crippen MR) is 123 cm³/mol. The van der Waals surface area contributed by atoms with Crippen molar-refractivity contribution in [2.75, 3.05) is 26.2 Å². The van der Waals surface area contributed by atoms with Crippen molar-refractivity contribution in [3.8, 4) is 0 Å². The van der Waals surface area contributed by atoms with E-state index in [-0.39, 0.29) is 18.0 Å². The molecule has 0 radical (unpaired) electrons. The van der Waals surface area contributed by atoms with E-state index >= 15 is 0 Å². The van der Waals surface area contributed by atoms with E-state index in [1.807, 2.05) is 39.8 Å². The highest BCUT2D eigenvalue weighted by molar-refractivity contribution is 7.17. The Kier molecular flexibility index (Phi) is 5.33. The van der Waals surface area contributed by atoms with Gasteiger partial charge in [0.05, 0.1) is 10.2 Å². The third kappa shape index (κ3) is 3.77. The van der Waals surface area contributed by atoms with Crippen LogP contribution in [-0.2, 0) is 24.3 Å². The highest BCUT2D eigenvalue weighted by atomic mass is 32.1. The fourth-order valence-electron chi connectivity index (χ4n) is 4.28. The van der Waals surface area contributed by atoms with Crippen molar-refractivity contribution < 1.29 is 4.79 Å². The number of hydrogen-bond donors (Lipinski definition) is 0. The number of aromatic nitrogens is 3. The fourth-order valence-corrected chi connectivity index (χ4v) is 5.09.